The van der Waals surface area contributed by atoms with E-state index in [-0.39, 0.29) is 5.69 Å². The number of nitrogens with zero attached hydrogens (tertiary/aromatic N) is 1. The average Bonchev–Trinajstić information content (AvgIpc) is 2.05. The third kappa shape index (κ3) is 1.85. The molecule has 0 fully saturated rings. The summed E-state index contributed by atoms with van der Waals surface area (Å²) in [6.45, 7) is 0. The molecule has 1 rings (SSSR count). The Hall–Kier alpha value is -1.29. The van der Waals surface area contributed by atoms with Crippen molar-refractivity contribution < 1.29 is 4.92 Å². The zero-order valence-corrected chi connectivity index (χ0v) is 7.07. The molecule has 0 aliphatic rings. The van der Waals surface area contributed by atoms with Crippen LogP contribution in [-0.2, 0) is 0 Å². The molecule has 0 saturated carbocycles. The lowest BCUT2D eigenvalue weighted by Crippen LogP contribution is -1.89. The van der Waals surface area contributed by atoms with Crippen molar-refractivity contribution in [2.75, 3.05) is 0 Å². The molecule has 0 saturated heterocycles. The molecule has 0 N–H and O–H groups in total. The second-order valence-corrected chi connectivity index (χ2v) is 2.43. The molecule has 0 bridgehead atoms. The number of nitro benzene ring substituents is 1. The zero-order valence-electron chi connectivity index (χ0n) is 6.18. The summed E-state index contributed by atoms with van der Waals surface area (Å²) < 4.78 is 0. The fraction of sp³-hybridized carbons (Fsp3) is 0. The van der Waals surface area contributed by atoms with E-state index < -0.39 is 4.92 Å². The van der Waals surface area contributed by atoms with Crippen LogP contribution >= 0.6 is 12.6 Å². The van der Waals surface area contributed by atoms with Crippen LogP contribution < -0.4 is 0 Å². The zero-order chi connectivity index (χ0) is 8.97. The quantitative estimate of drug-likeness (QED) is 0.432. The Bertz CT molecular complexity index is 323. The number of hydrogen-bond acceptors (Lipinski definition) is 3. The molecule has 12 heavy (non-hydrogen) atoms. The van der Waals surface area contributed by atoms with Crippen LogP contribution in [0.2, 0.25) is 0 Å². The Morgan fingerprint density at radius 3 is 2.67 bits per heavy atom. The van der Waals surface area contributed by atoms with Gasteiger partial charge in [0.05, 0.1) is 10.5 Å². The number of benzene rings is 1. The number of para-hydroxylation sites is 1. The summed E-state index contributed by atoms with van der Waals surface area (Å²) in [5.41, 5.74) is 0.667. The van der Waals surface area contributed by atoms with Gasteiger partial charge < -0.3 is 0 Å². The van der Waals surface area contributed by atoms with E-state index in [1.54, 1.807) is 24.3 Å². The summed E-state index contributed by atoms with van der Waals surface area (Å²) in [6.07, 6.45) is 1.58. The van der Waals surface area contributed by atoms with Crippen molar-refractivity contribution in [3.8, 4) is 0 Å². The van der Waals surface area contributed by atoms with Crippen LogP contribution in [-0.4, -0.2) is 4.92 Å². The molecule has 3 nitrogen and oxygen atoms in total. The van der Waals surface area contributed by atoms with E-state index in [0.29, 0.717) is 5.56 Å². The lowest BCUT2D eigenvalue weighted by molar-refractivity contribution is -0.385. The molecule has 0 aliphatic carbocycles. The highest BCUT2D eigenvalue weighted by Gasteiger charge is 2.08. The van der Waals surface area contributed by atoms with Crippen molar-refractivity contribution in [1.82, 2.24) is 0 Å². The lowest BCUT2D eigenvalue weighted by atomic mass is 10.2. The molecule has 0 spiro atoms. The van der Waals surface area contributed by atoms with E-state index in [1.807, 2.05) is 0 Å². The third-order valence-corrected chi connectivity index (χ3v) is 1.54. The first-order valence-electron chi connectivity index (χ1n) is 3.30. The van der Waals surface area contributed by atoms with Crippen LogP contribution in [0, 0.1) is 10.1 Å². The fourth-order valence-corrected chi connectivity index (χ4v) is 1.04. The summed E-state index contributed by atoms with van der Waals surface area (Å²) in [7, 11) is 0. The Labute approximate surface area is 75.3 Å². The molecular formula is C8H7NO2S. The highest BCUT2D eigenvalue weighted by atomic mass is 32.1. The number of nitro groups is 1. The summed E-state index contributed by atoms with van der Waals surface area (Å²) >= 11 is 3.84. The van der Waals surface area contributed by atoms with Crippen molar-refractivity contribution >= 4 is 24.4 Å². The van der Waals surface area contributed by atoms with Gasteiger partial charge in [-0.15, -0.1) is 0 Å². The van der Waals surface area contributed by atoms with E-state index >= 15 is 0 Å². The molecule has 0 atom stereocenters. The Morgan fingerprint density at radius 2 is 2.08 bits per heavy atom. The van der Waals surface area contributed by atoms with Gasteiger partial charge in [-0.05, 0) is 17.6 Å². The summed E-state index contributed by atoms with van der Waals surface area (Å²) in [5.74, 6) is 0. The van der Waals surface area contributed by atoms with Gasteiger partial charge in [0.25, 0.3) is 5.69 Å². The molecule has 1 aromatic carbocycles. The van der Waals surface area contributed by atoms with Gasteiger partial charge in [0.1, 0.15) is 0 Å². The van der Waals surface area contributed by atoms with Crippen LogP contribution in [0.1, 0.15) is 5.56 Å². The van der Waals surface area contributed by atoms with Crippen molar-refractivity contribution in [3.63, 3.8) is 0 Å². The minimum Gasteiger partial charge on any atom is -0.258 e. The summed E-state index contributed by atoms with van der Waals surface area (Å²) in [6, 6.07) is 6.51. The maximum absolute atomic E-state index is 10.4. The van der Waals surface area contributed by atoms with Gasteiger partial charge in [-0.25, -0.2) is 0 Å². The molecule has 0 heterocycles. The molecule has 0 radical (unpaired) electrons. The molecule has 0 amide bonds. The lowest BCUT2D eigenvalue weighted by Gasteiger charge is -1.94. The van der Waals surface area contributed by atoms with Crippen LogP contribution in [0.3, 0.4) is 0 Å². The van der Waals surface area contributed by atoms with Crippen molar-refractivity contribution in [2.45, 2.75) is 0 Å². The Balaban J connectivity index is 3.17. The van der Waals surface area contributed by atoms with Gasteiger partial charge in [-0.3, -0.25) is 10.1 Å². The van der Waals surface area contributed by atoms with Crippen LogP contribution in [0.5, 0.6) is 0 Å². The van der Waals surface area contributed by atoms with Gasteiger partial charge in [0, 0.05) is 6.07 Å². The first kappa shape index (κ1) is 8.80. The number of thiol groups is 1. The van der Waals surface area contributed by atoms with E-state index in [1.165, 1.54) is 11.5 Å². The topological polar surface area (TPSA) is 43.1 Å². The molecule has 0 aromatic heterocycles. The second kappa shape index (κ2) is 3.92. The third-order valence-electron chi connectivity index (χ3n) is 1.39. The SMILES string of the molecule is O=[N+]([O-])c1ccccc1C=CS. The monoisotopic (exact) mass is 181 g/mol. The Kier molecular flexibility index (Phi) is 2.88. The summed E-state index contributed by atoms with van der Waals surface area (Å²) in [4.78, 5) is 10.0. The highest BCUT2D eigenvalue weighted by molar-refractivity contribution is 7.83. The molecule has 4 heteroatoms. The number of hydrogen-bond donors (Lipinski definition) is 1. The van der Waals surface area contributed by atoms with Crippen LogP contribution in [0.25, 0.3) is 6.08 Å². The predicted octanol–water partition coefficient (Wildman–Crippen LogP) is 2.50. The van der Waals surface area contributed by atoms with Gasteiger partial charge in [0.15, 0.2) is 0 Å². The molecule has 62 valence electrons. The van der Waals surface area contributed by atoms with Crippen molar-refractivity contribution in [1.29, 1.82) is 0 Å². The van der Waals surface area contributed by atoms with Gasteiger partial charge in [-0.1, -0.05) is 12.1 Å². The van der Waals surface area contributed by atoms with E-state index in [0.717, 1.165) is 0 Å². The normalized spacial score (nSPS) is 10.4. The highest BCUT2D eigenvalue weighted by Crippen LogP contribution is 2.18. The standard InChI is InChI=1S/C8H7NO2S/c10-9(11)8-4-2-1-3-7(8)5-6-12/h1-6,12H. The summed E-state index contributed by atoms with van der Waals surface area (Å²) in [5, 5.41) is 11.9. The van der Waals surface area contributed by atoms with Gasteiger partial charge >= 0.3 is 0 Å². The van der Waals surface area contributed by atoms with E-state index in [4.69, 9.17) is 0 Å². The van der Waals surface area contributed by atoms with Crippen LogP contribution in [0.4, 0.5) is 5.69 Å². The maximum atomic E-state index is 10.4. The average molecular weight is 181 g/mol. The maximum Gasteiger partial charge on any atom is 0.276 e. The first-order valence-corrected chi connectivity index (χ1v) is 3.81. The van der Waals surface area contributed by atoms with Crippen molar-refractivity contribution in [2.24, 2.45) is 0 Å². The molecule has 0 unspecified atom stereocenters. The van der Waals surface area contributed by atoms with Crippen LogP contribution in [0.15, 0.2) is 29.7 Å². The van der Waals surface area contributed by atoms with Gasteiger partial charge in [-0.2, -0.15) is 12.6 Å². The number of rotatable bonds is 2. The van der Waals surface area contributed by atoms with Gasteiger partial charge in [0.2, 0.25) is 0 Å². The Morgan fingerprint density at radius 1 is 1.42 bits per heavy atom. The fourth-order valence-electron chi connectivity index (χ4n) is 0.875. The molecule has 1 aromatic rings. The largest absolute Gasteiger partial charge is 0.276 e. The second-order valence-electron chi connectivity index (χ2n) is 2.13. The minimum atomic E-state index is -0.414. The predicted molar refractivity (Wildman–Crippen MR) is 51.1 cm³/mol. The van der Waals surface area contributed by atoms with E-state index in [2.05, 4.69) is 12.6 Å². The smallest absolute Gasteiger partial charge is 0.258 e. The molecular weight excluding hydrogens is 174 g/mol. The van der Waals surface area contributed by atoms with E-state index in [9.17, 15) is 10.1 Å². The molecule has 0 aliphatic heterocycles. The van der Waals surface area contributed by atoms with Crippen molar-refractivity contribution in [3.05, 3.63) is 45.4 Å². The first-order chi connectivity index (χ1) is 5.75. The minimum absolute atomic E-state index is 0.0998.